The number of anilines is 2. The van der Waals surface area contributed by atoms with Gasteiger partial charge in [-0.2, -0.15) is 10.8 Å². The molecule has 0 saturated carbocycles. The molecule has 2 aromatic carbocycles. The number of nitrogens with one attached hydrogen (secondary N) is 1. The molecule has 0 radical (unpaired) electrons. The maximum atomic E-state index is 9.23. The Kier molecular flexibility index (Phi) is 3.35. The first-order valence-corrected chi connectivity index (χ1v) is 5.24. The fraction of sp³-hybridized carbons (Fsp3) is 0.0769. The van der Waals surface area contributed by atoms with Gasteiger partial charge in [0, 0.05) is 11.4 Å². The minimum atomic E-state index is 0.735. The lowest BCUT2D eigenvalue weighted by Gasteiger charge is -2.20. The van der Waals surface area contributed by atoms with E-state index in [0.29, 0.717) is 0 Å². The Balaban J connectivity index is 2.38. The van der Waals surface area contributed by atoms with Crippen LogP contribution in [0.5, 0.6) is 5.75 Å². The molecule has 4 nitrogen and oxygen atoms in total. The van der Waals surface area contributed by atoms with Crippen LogP contribution >= 0.6 is 0 Å². The van der Waals surface area contributed by atoms with Crippen molar-refractivity contribution in [2.75, 3.05) is 12.1 Å². The molecular weight excluding hydrogens is 214 g/mol. The second-order valence-electron chi connectivity index (χ2n) is 3.47. The lowest BCUT2D eigenvalue weighted by atomic mass is 10.2. The van der Waals surface area contributed by atoms with E-state index in [4.69, 9.17) is 4.74 Å². The number of hydrazine groups is 1. The molecule has 0 bridgehead atoms. The molecule has 0 aliphatic heterocycles. The van der Waals surface area contributed by atoms with Crippen molar-refractivity contribution in [1.82, 2.24) is 0 Å². The van der Waals surface area contributed by atoms with Gasteiger partial charge in [-0.1, -0.05) is 42.5 Å². The number of para-hydroxylation sites is 1. The van der Waals surface area contributed by atoms with Gasteiger partial charge in [0.25, 0.3) is 0 Å². The first-order valence-electron chi connectivity index (χ1n) is 5.24. The van der Waals surface area contributed by atoms with Crippen LogP contribution in [0.2, 0.25) is 0 Å². The minimum Gasteiger partial charge on any atom is -0.497 e. The molecule has 17 heavy (non-hydrogen) atoms. The molecule has 0 amide bonds. The van der Waals surface area contributed by atoms with Crippen LogP contribution in [0.15, 0.2) is 54.6 Å². The van der Waals surface area contributed by atoms with E-state index in [9.17, 15) is 5.53 Å². The first kappa shape index (κ1) is 11.1. The highest BCUT2D eigenvalue weighted by Gasteiger charge is 2.05. The largest absolute Gasteiger partial charge is 0.497 e. The van der Waals surface area contributed by atoms with Gasteiger partial charge in [0.2, 0.25) is 0 Å². The fourth-order valence-corrected chi connectivity index (χ4v) is 1.59. The third kappa shape index (κ3) is 2.42. The van der Waals surface area contributed by atoms with Crippen molar-refractivity contribution in [2.45, 2.75) is 0 Å². The quantitative estimate of drug-likeness (QED) is 0.640. The third-order valence-corrected chi connectivity index (χ3v) is 2.43. The third-order valence-electron chi connectivity index (χ3n) is 2.43. The minimum absolute atomic E-state index is 0.735. The highest BCUT2D eigenvalue weighted by atomic mass is 16.5. The molecule has 2 rings (SSSR count). The van der Waals surface area contributed by atoms with Gasteiger partial charge in [0.15, 0.2) is 0 Å². The van der Waals surface area contributed by atoms with Crippen LogP contribution in [0.3, 0.4) is 0 Å². The van der Waals surface area contributed by atoms with E-state index in [-0.39, 0.29) is 0 Å². The summed E-state index contributed by atoms with van der Waals surface area (Å²) in [5.41, 5.74) is 10.9. The number of methoxy groups -OCH3 is 1. The Morgan fingerprint density at radius 1 is 1.00 bits per heavy atom. The number of benzene rings is 2. The van der Waals surface area contributed by atoms with E-state index in [1.54, 1.807) is 12.1 Å². The van der Waals surface area contributed by atoms with Gasteiger partial charge in [-0.3, -0.25) is 0 Å². The lowest BCUT2D eigenvalue weighted by Crippen LogP contribution is -2.75. The summed E-state index contributed by atoms with van der Waals surface area (Å²) in [6, 6.07) is 16.9. The Labute approximate surface area is 99.9 Å². The standard InChI is InChI=1S/C13H13N3O/c1-17-13-9-5-8-12(10-13)16(15-14)11-6-3-2-4-7-11/h2-10,15H,1H3. The molecular formula is C13H13N3O. The molecule has 0 aliphatic carbocycles. The maximum Gasteiger partial charge on any atom is 0.119 e. The van der Waals surface area contributed by atoms with Gasteiger partial charge in [-0.15, -0.1) is 0 Å². The lowest BCUT2D eigenvalue weighted by molar-refractivity contribution is -0.484. The summed E-state index contributed by atoms with van der Waals surface area (Å²) in [5.74, 6) is 0.735. The summed E-state index contributed by atoms with van der Waals surface area (Å²) in [7, 11) is 1.61. The maximum absolute atomic E-state index is 9.23. The zero-order valence-corrected chi connectivity index (χ0v) is 9.50. The SMILES string of the molecule is COc1cccc(N([NH+]=[N-])c2ccccc2)c1. The van der Waals surface area contributed by atoms with Crippen molar-refractivity contribution in [1.29, 1.82) is 0 Å². The van der Waals surface area contributed by atoms with E-state index in [2.05, 4.69) is 5.22 Å². The van der Waals surface area contributed by atoms with Crippen molar-refractivity contribution in [3.63, 3.8) is 0 Å². The van der Waals surface area contributed by atoms with Crippen LogP contribution in [0.25, 0.3) is 5.53 Å². The highest BCUT2D eigenvalue weighted by molar-refractivity contribution is 5.60. The summed E-state index contributed by atoms with van der Waals surface area (Å²) in [6.45, 7) is 0. The van der Waals surface area contributed by atoms with Crippen molar-refractivity contribution < 1.29 is 9.96 Å². The summed E-state index contributed by atoms with van der Waals surface area (Å²) >= 11 is 0. The molecule has 0 spiro atoms. The van der Waals surface area contributed by atoms with Gasteiger partial charge < -0.3 is 4.74 Å². The average Bonchev–Trinajstić information content (AvgIpc) is 2.41. The Hall–Kier alpha value is -2.36. The molecule has 2 aromatic rings. The van der Waals surface area contributed by atoms with Gasteiger partial charge in [0.1, 0.15) is 5.75 Å². The van der Waals surface area contributed by atoms with Gasteiger partial charge in [-0.05, 0) is 12.1 Å². The van der Waals surface area contributed by atoms with Crippen molar-refractivity contribution in [3.05, 3.63) is 60.1 Å². The highest BCUT2D eigenvalue weighted by Crippen LogP contribution is 2.24. The van der Waals surface area contributed by atoms with E-state index >= 15 is 0 Å². The summed E-state index contributed by atoms with van der Waals surface area (Å²) in [6.07, 6.45) is 0. The van der Waals surface area contributed by atoms with Crippen LogP contribution in [0, 0.1) is 0 Å². The van der Waals surface area contributed by atoms with Crippen LogP contribution in [-0.2, 0) is 0 Å². The molecule has 0 atom stereocenters. The molecule has 0 saturated heterocycles. The second kappa shape index (κ2) is 5.12. The van der Waals surface area contributed by atoms with Crippen molar-refractivity contribution in [2.24, 2.45) is 0 Å². The number of ether oxygens (including phenoxy) is 1. The normalized spacial score (nSPS) is 9.71. The predicted octanol–water partition coefficient (Wildman–Crippen LogP) is 1.85. The van der Waals surface area contributed by atoms with E-state index in [1.807, 2.05) is 54.6 Å². The Morgan fingerprint density at radius 3 is 2.35 bits per heavy atom. The van der Waals surface area contributed by atoms with E-state index < -0.39 is 0 Å². The van der Waals surface area contributed by atoms with Crippen LogP contribution in [-0.4, -0.2) is 7.11 Å². The predicted molar refractivity (Wildman–Crippen MR) is 65.9 cm³/mol. The zero-order valence-electron chi connectivity index (χ0n) is 9.50. The number of hydrogen-bond acceptors (Lipinski definition) is 1. The fourth-order valence-electron chi connectivity index (χ4n) is 1.59. The zero-order chi connectivity index (χ0) is 12.1. The Morgan fingerprint density at radius 2 is 1.71 bits per heavy atom. The van der Waals surface area contributed by atoms with Gasteiger partial charge in [-0.25, -0.2) is 5.01 Å². The molecule has 1 N–H and O–H groups in total. The topological polar surface area (TPSA) is 48.7 Å². The van der Waals surface area contributed by atoms with Crippen molar-refractivity contribution >= 4 is 11.4 Å². The number of nitrogens with zero attached hydrogens (tertiary/aromatic N) is 2. The molecule has 0 aromatic heterocycles. The second-order valence-corrected chi connectivity index (χ2v) is 3.47. The van der Waals surface area contributed by atoms with Crippen molar-refractivity contribution in [3.8, 4) is 5.75 Å². The van der Waals surface area contributed by atoms with E-state index in [0.717, 1.165) is 17.1 Å². The molecule has 86 valence electrons. The number of hydrogen-bond donors (Lipinski definition) is 1. The van der Waals surface area contributed by atoms with Crippen LogP contribution < -0.4 is 15.0 Å². The average molecular weight is 227 g/mol. The summed E-state index contributed by atoms with van der Waals surface area (Å²) < 4.78 is 5.15. The molecule has 0 heterocycles. The molecule has 0 fully saturated rings. The smallest absolute Gasteiger partial charge is 0.119 e. The molecule has 4 heteroatoms. The van der Waals surface area contributed by atoms with Gasteiger partial charge >= 0.3 is 0 Å². The first-order chi connectivity index (χ1) is 8.35. The summed E-state index contributed by atoms with van der Waals surface area (Å²) in [4.78, 5) is 0. The van der Waals surface area contributed by atoms with Crippen LogP contribution in [0.1, 0.15) is 0 Å². The summed E-state index contributed by atoms with van der Waals surface area (Å²) in [5, 5.41) is 3.72. The number of rotatable bonds is 4. The van der Waals surface area contributed by atoms with Crippen LogP contribution in [0.4, 0.5) is 11.4 Å². The Bertz CT molecular complexity index is 499. The molecule has 0 aliphatic rings. The molecule has 0 unspecified atom stereocenters. The van der Waals surface area contributed by atoms with Gasteiger partial charge in [0.05, 0.1) is 7.11 Å². The van der Waals surface area contributed by atoms with E-state index in [1.165, 1.54) is 0 Å². The monoisotopic (exact) mass is 227 g/mol.